The first-order chi connectivity index (χ1) is 12.1. The average Bonchev–Trinajstić information content (AvgIpc) is 3.24. The fourth-order valence-corrected chi connectivity index (χ4v) is 2.86. The van der Waals surface area contributed by atoms with Crippen LogP contribution in [-0.2, 0) is 11.3 Å². The number of hydrogen-bond donors (Lipinski definition) is 2. The van der Waals surface area contributed by atoms with E-state index in [9.17, 15) is 9.90 Å². The summed E-state index contributed by atoms with van der Waals surface area (Å²) in [4.78, 5) is 11.4. The van der Waals surface area contributed by atoms with Gasteiger partial charge in [-0.15, -0.1) is 0 Å². The Kier molecular flexibility index (Phi) is 5.53. The Labute approximate surface area is 149 Å². The van der Waals surface area contributed by atoms with Crippen LogP contribution < -0.4 is 5.32 Å². The third kappa shape index (κ3) is 4.10. The van der Waals surface area contributed by atoms with Gasteiger partial charge in [0.1, 0.15) is 6.04 Å². The predicted octanol–water partition coefficient (Wildman–Crippen LogP) is 2.82. The normalized spacial score (nSPS) is 16.4. The second-order valence-electron chi connectivity index (χ2n) is 6.40. The number of para-hydroxylation sites is 1. The molecule has 5 heteroatoms. The Balaban J connectivity index is 1.85. The molecule has 1 atom stereocenters. The molecule has 25 heavy (non-hydrogen) atoms. The molecule has 5 radical (unpaired) electrons. The van der Waals surface area contributed by atoms with Crippen LogP contribution in [0.2, 0.25) is 0 Å². The number of carboxylic acids is 1. The number of rotatable bonds is 7. The first-order valence-electron chi connectivity index (χ1n) is 8.38. The number of aliphatic carboxylic acids is 1. The number of aromatic nitrogens is 2. The first-order valence-corrected chi connectivity index (χ1v) is 8.38. The van der Waals surface area contributed by atoms with Gasteiger partial charge >= 0.3 is 5.97 Å². The maximum absolute atomic E-state index is 11.4. The topological polar surface area (TPSA) is 67.2 Å². The van der Waals surface area contributed by atoms with Gasteiger partial charge < -0.3 is 5.11 Å². The van der Waals surface area contributed by atoms with Gasteiger partial charge in [-0.05, 0) is 43.7 Å². The summed E-state index contributed by atoms with van der Waals surface area (Å²) in [6, 6.07) is 9.30. The van der Waals surface area contributed by atoms with Gasteiger partial charge in [-0.2, -0.15) is 5.10 Å². The van der Waals surface area contributed by atoms with Crippen molar-refractivity contribution in [2.24, 2.45) is 5.92 Å². The molecule has 1 aromatic heterocycles. The third-order valence-corrected chi connectivity index (χ3v) is 4.19. The lowest BCUT2D eigenvalue weighted by Crippen LogP contribution is -2.40. The summed E-state index contributed by atoms with van der Waals surface area (Å²) in [6.07, 6.45) is 9.94. The summed E-state index contributed by atoms with van der Waals surface area (Å²) in [5.41, 5.74) is 2.82. The van der Waals surface area contributed by atoms with E-state index in [-0.39, 0.29) is 5.92 Å². The molecule has 0 aliphatic heterocycles. The predicted molar refractivity (Wildman–Crippen MR) is 96.2 cm³/mol. The maximum atomic E-state index is 11.4. The van der Waals surface area contributed by atoms with Crippen molar-refractivity contribution in [3.63, 3.8) is 0 Å². The van der Waals surface area contributed by atoms with E-state index in [4.69, 9.17) is 5.10 Å². The Hall–Kier alpha value is -2.14. The Morgan fingerprint density at radius 1 is 1.20 bits per heavy atom. The molecular formula is C20H22N3O2. The Morgan fingerprint density at radius 3 is 2.48 bits per heavy atom. The highest BCUT2D eigenvalue weighted by Crippen LogP contribution is 2.31. The maximum Gasteiger partial charge on any atom is 0.320 e. The molecule has 0 saturated heterocycles. The molecule has 1 aliphatic carbocycles. The smallest absolute Gasteiger partial charge is 0.320 e. The van der Waals surface area contributed by atoms with Crippen LogP contribution in [0.3, 0.4) is 0 Å². The van der Waals surface area contributed by atoms with Gasteiger partial charge in [-0.25, -0.2) is 4.68 Å². The number of carbonyl (C=O) groups is 1. The molecular weight excluding hydrogens is 314 g/mol. The molecule has 5 nitrogen and oxygen atoms in total. The minimum absolute atomic E-state index is 0.00374. The molecule has 1 fully saturated rings. The van der Waals surface area contributed by atoms with E-state index in [1.54, 1.807) is 0 Å². The molecule has 2 aromatic rings. The van der Waals surface area contributed by atoms with Gasteiger partial charge in [0.15, 0.2) is 0 Å². The lowest BCUT2D eigenvalue weighted by atomic mass is 9.99. The SMILES string of the molecule is CC(C)[C@H](NCc1cn(-c2ccccc2)nc1[C]1[CH][CH][CH][CH]1)C(=O)O. The monoisotopic (exact) mass is 336 g/mol. The number of hydrogen-bond acceptors (Lipinski definition) is 3. The van der Waals surface area contributed by atoms with Crippen LogP contribution in [0.4, 0.5) is 0 Å². The van der Waals surface area contributed by atoms with Gasteiger partial charge in [-0.3, -0.25) is 10.1 Å². The second kappa shape index (κ2) is 7.83. The van der Waals surface area contributed by atoms with E-state index in [0.717, 1.165) is 22.9 Å². The third-order valence-electron chi connectivity index (χ3n) is 4.19. The number of nitrogens with zero attached hydrogens (tertiary/aromatic N) is 2. The minimum Gasteiger partial charge on any atom is -0.480 e. The van der Waals surface area contributed by atoms with Gasteiger partial charge in [-0.1, -0.05) is 32.0 Å². The fraction of sp³-hybridized carbons (Fsp3) is 0.250. The van der Waals surface area contributed by atoms with Crippen LogP contribution in [0, 0.1) is 37.5 Å². The van der Waals surface area contributed by atoms with E-state index in [2.05, 4.69) is 5.32 Å². The molecule has 1 aromatic carbocycles. The summed E-state index contributed by atoms with van der Waals surface area (Å²) < 4.78 is 1.84. The van der Waals surface area contributed by atoms with Gasteiger partial charge in [0.25, 0.3) is 0 Å². The molecule has 1 saturated carbocycles. The summed E-state index contributed by atoms with van der Waals surface area (Å²) in [6.45, 7) is 4.25. The van der Waals surface area contributed by atoms with Crippen LogP contribution in [0.1, 0.15) is 25.1 Å². The van der Waals surface area contributed by atoms with Crippen molar-refractivity contribution in [1.82, 2.24) is 15.1 Å². The molecule has 0 bridgehead atoms. The van der Waals surface area contributed by atoms with Crippen LogP contribution in [-0.4, -0.2) is 26.9 Å². The summed E-state index contributed by atoms with van der Waals surface area (Å²) in [5, 5.41) is 17.2. The van der Waals surface area contributed by atoms with E-state index in [1.807, 2.05) is 80.7 Å². The van der Waals surface area contributed by atoms with Crippen molar-refractivity contribution in [3.05, 3.63) is 79.4 Å². The number of nitrogens with one attached hydrogen (secondary N) is 1. The zero-order valence-electron chi connectivity index (χ0n) is 14.4. The van der Waals surface area contributed by atoms with Crippen molar-refractivity contribution in [3.8, 4) is 5.69 Å². The molecule has 0 spiro atoms. The van der Waals surface area contributed by atoms with Gasteiger partial charge in [0.2, 0.25) is 0 Å². The Bertz CT molecular complexity index is 703. The lowest BCUT2D eigenvalue weighted by Gasteiger charge is -2.18. The molecule has 1 heterocycles. The molecule has 2 N–H and O–H groups in total. The van der Waals surface area contributed by atoms with Crippen LogP contribution >= 0.6 is 0 Å². The van der Waals surface area contributed by atoms with E-state index < -0.39 is 12.0 Å². The summed E-state index contributed by atoms with van der Waals surface area (Å²) in [7, 11) is 0. The number of benzene rings is 1. The molecule has 129 valence electrons. The zero-order chi connectivity index (χ0) is 17.8. The quantitative estimate of drug-likeness (QED) is 0.816. The molecule has 0 unspecified atom stereocenters. The molecule has 0 amide bonds. The van der Waals surface area contributed by atoms with Gasteiger partial charge in [0, 0.05) is 24.2 Å². The highest BCUT2D eigenvalue weighted by molar-refractivity contribution is 5.73. The fourth-order valence-electron chi connectivity index (χ4n) is 2.86. The minimum atomic E-state index is -0.833. The summed E-state index contributed by atoms with van der Waals surface area (Å²) in [5.74, 6) is 0.201. The highest BCUT2D eigenvalue weighted by atomic mass is 16.4. The van der Waals surface area contributed by atoms with Crippen LogP contribution in [0.5, 0.6) is 0 Å². The molecule has 3 rings (SSSR count). The largest absolute Gasteiger partial charge is 0.480 e. The van der Waals surface area contributed by atoms with E-state index in [0.29, 0.717) is 6.54 Å². The second-order valence-corrected chi connectivity index (χ2v) is 6.40. The van der Waals surface area contributed by atoms with Crippen LogP contribution in [0.25, 0.3) is 5.69 Å². The number of carboxylic acid groups (broad SMARTS) is 1. The lowest BCUT2D eigenvalue weighted by molar-refractivity contribution is -0.140. The Morgan fingerprint density at radius 2 is 1.88 bits per heavy atom. The standard InChI is InChI=1S/C20H22N3O2/c1-14(2)18(20(24)25)21-12-16-13-23(17-10-4-3-5-11-17)22-19(16)15-8-6-7-9-15/h3-11,13-14,18,21H,12H2,1-2H3,(H,24,25)/t18-/m0/s1. The van der Waals surface area contributed by atoms with Crippen molar-refractivity contribution in [2.75, 3.05) is 0 Å². The van der Waals surface area contributed by atoms with Gasteiger partial charge in [0.05, 0.1) is 11.4 Å². The van der Waals surface area contributed by atoms with Crippen LogP contribution in [0.15, 0.2) is 36.5 Å². The van der Waals surface area contributed by atoms with Crippen molar-refractivity contribution < 1.29 is 9.90 Å². The van der Waals surface area contributed by atoms with E-state index >= 15 is 0 Å². The van der Waals surface area contributed by atoms with E-state index in [1.165, 1.54) is 0 Å². The van der Waals surface area contributed by atoms with Crippen molar-refractivity contribution >= 4 is 5.97 Å². The highest BCUT2D eigenvalue weighted by Gasteiger charge is 2.27. The summed E-state index contributed by atoms with van der Waals surface area (Å²) >= 11 is 0. The van der Waals surface area contributed by atoms with Crippen molar-refractivity contribution in [2.45, 2.75) is 26.4 Å². The average molecular weight is 336 g/mol. The first kappa shape index (κ1) is 17.7. The van der Waals surface area contributed by atoms with Crippen molar-refractivity contribution in [1.29, 1.82) is 0 Å². The molecule has 1 aliphatic rings. The zero-order valence-corrected chi connectivity index (χ0v) is 14.4.